The van der Waals surface area contributed by atoms with Crippen LogP contribution in [0, 0.1) is 0 Å². The molecule has 0 aromatic carbocycles. The third-order valence-corrected chi connectivity index (χ3v) is 3.72. The standard InChI is InChI=1S/C14H23N3O2S/c1-2-3-4-5-6-7-8-13(19)17-14-16-11(10-20-14)9-12(15)18/h10H,2-9H2,1H3,(H2,15,18)(H,16,17,19). The van der Waals surface area contributed by atoms with E-state index in [1.54, 1.807) is 5.38 Å². The lowest BCUT2D eigenvalue weighted by molar-refractivity contribution is -0.117. The molecule has 1 aromatic rings. The van der Waals surface area contributed by atoms with Crippen LogP contribution in [0.5, 0.6) is 0 Å². The maximum absolute atomic E-state index is 11.7. The molecule has 1 heterocycles. The fourth-order valence-electron chi connectivity index (χ4n) is 1.87. The second-order valence-electron chi connectivity index (χ2n) is 4.85. The number of carbonyl (C=O) groups is 2. The summed E-state index contributed by atoms with van der Waals surface area (Å²) in [5.41, 5.74) is 5.70. The highest BCUT2D eigenvalue weighted by molar-refractivity contribution is 7.13. The maximum Gasteiger partial charge on any atom is 0.226 e. The summed E-state index contributed by atoms with van der Waals surface area (Å²) in [5.74, 6) is -0.430. The van der Waals surface area contributed by atoms with Gasteiger partial charge in [-0.3, -0.25) is 9.59 Å². The van der Waals surface area contributed by atoms with Crippen molar-refractivity contribution in [2.45, 2.75) is 58.3 Å². The quantitative estimate of drug-likeness (QED) is 0.651. The van der Waals surface area contributed by atoms with E-state index >= 15 is 0 Å². The second-order valence-corrected chi connectivity index (χ2v) is 5.71. The number of anilines is 1. The molecule has 0 spiro atoms. The molecule has 0 atom stereocenters. The summed E-state index contributed by atoms with van der Waals surface area (Å²) in [7, 11) is 0. The van der Waals surface area contributed by atoms with Gasteiger partial charge in [0.25, 0.3) is 0 Å². The number of amides is 2. The molecule has 112 valence electrons. The van der Waals surface area contributed by atoms with Crippen molar-refractivity contribution in [3.05, 3.63) is 11.1 Å². The van der Waals surface area contributed by atoms with Gasteiger partial charge in [0.15, 0.2) is 5.13 Å². The Bertz CT molecular complexity index is 432. The van der Waals surface area contributed by atoms with E-state index in [2.05, 4.69) is 17.2 Å². The monoisotopic (exact) mass is 297 g/mol. The lowest BCUT2D eigenvalue weighted by Crippen LogP contribution is -2.14. The predicted octanol–water partition coefficient (Wildman–Crippen LogP) is 2.86. The summed E-state index contributed by atoms with van der Waals surface area (Å²) in [4.78, 5) is 26.6. The zero-order chi connectivity index (χ0) is 14.8. The number of carbonyl (C=O) groups excluding carboxylic acids is 2. The van der Waals surface area contributed by atoms with Crippen LogP contribution in [0.25, 0.3) is 0 Å². The Morgan fingerprint density at radius 1 is 1.25 bits per heavy atom. The molecular formula is C14H23N3O2S. The van der Waals surface area contributed by atoms with Crippen LogP contribution in [0.4, 0.5) is 5.13 Å². The average Bonchev–Trinajstić information content (AvgIpc) is 2.80. The Morgan fingerprint density at radius 3 is 2.65 bits per heavy atom. The van der Waals surface area contributed by atoms with Gasteiger partial charge in [0.1, 0.15) is 0 Å². The molecule has 0 aliphatic carbocycles. The number of primary amides is 1. The highest BCUT2D eigenvalue weighted by atomic mass is 32.1. The molecule has 0 bridgehead atoms. The van der Waals surface area contributed by atoms with Crippen LogP contribution in [0.3, 0.4) is 0 Å². The number of hydrogen-bond donors (Lipinski definition) is 2. The van der Waals surface area contributed by atoms with Crippen molar-refractivity contribution in [1.29, 1.82) is 0 Å². The number of nitrogens with one attached hydrogen (secondary N) is 1. The topological polar surface area (TPSA) is 85.1 Å². The van der Waals surface area contributed by atoms with Crippen molar-refractivity contribution >= 4 is 28.3 Å². The van der Waals surface area contributed by atoms with E-state index < -0.39 is 5.91 Å². The van der Waals surface area contributed by atoms with Gasteiger partial charge in [0, 0.05) is 11.8 Å². The van der Waals surface area contributed by atoms with Gasteiger partial charge >= 0.3 is 0 Å². The largest absolute Gasteiger partial charge is 0.369 e. The molecule has 0 fully saturated rings. The first-order valence-electron chi connectivity index (χ1n) is 7.14. The summed E-state index contributed by atoms with van der Waals surface area (Å²) in [5, 5.41) is 5.03. The molecule has 0 radical (unpaired) electrons. The zero-order valence-corrected chi connectivity index (χ0v) is 12.8. The molecule has 0 saturated carbocycles. The van der Waals surface area contributed by atoms with E-state index in [1.807, 2.05) is 0 Å². The Balaban J connectivity index is 2.18. The van der Waals surface area contributed by atoms with Crippen LogP contribution in [-0.2, 0) is 16.0 Å². The van der Waals surface area contributed by atoms with E-state index in [1.165, 1.54) is 37.0 Å². The van der Waals surface area contributed by atoms with E-state index in [9.17, 15) is 9.59 Å². The first kappa shape index (κ1) is 16.6. The van der Waals surface area contributed by atoms with Crippen molar-refractivity contribution in [3.63, 3.8) is 0 Å². The van der Waals surface area contributed by atoms with Gasteiger partial charge in [-0.2, -0.15) is 0 Å². The van der Waals surface area contributed by atoms with Gasteiger partial charge in [-0.1, -0.05) is 39.0 Å². The summed E-state index contributed by atoms with van der Waals surface area (Å²) in [6.45, 7) is 2.19. The Kier molecular flexibility index (Phi) is 7.87. The van der Waals surface area contributed by atoms with Crippen LogP contribution < -0.4 is 11.1 Å². The number of nitrogens with two attached hydrogens (primary N) is 1. The minimum absolute atomic E-state index is 0.0135. The molecule has 20 heavy (non-hydrogen) atoms. The molecule has 0 unspecified atom stereocenters. The van der Waals surface area contributed by atoms with Crippen molar-refractivity contribution in [3.8, 4) is 0 Å². The molecule has 5 nitrogen and oxygen atoms in total. The summed E-state index contributed by atoms with van der Waals surface area (Å²) < 4.78 is 0. The predicted molar refractivity (Wildman–Crippen MR) is 81.6 cm³/mol. The van der Waals surface area contributed by atoms with E-state index in [-0.39, 0.29) is 12.3 Å². The van der Waals surface area contributed by atoms with Crippen LogP contribution >= 0.6 is 11.3 Å². The third-order valence-electron chi connectivity index (χ3n) is 2.91. The van der Waals surface area contributed by atoms with Crippen LogP contribution in [-0.4, -0.2) is 16.8 Å². The van der Waals surface area contributed by atoms with Crippen molar-refractivity contribution < 1.29 is 9.59 Å². The Labute approximate surface area is 124 Å². The lowest BCUT2D eigenvalue weighted by Gasteiger charge is -2.02. The second kappa shape index (κ2) is 9.47. The highest BCUT2D eigenvalue weighted by Gasteiger charge is 2.08. The van der Waals surface area contributed by atoms with Gasteiger partial charge < -0.3 is 11.1 Å². The van der Waals surface area contributed by atoms with Crippen LogP contribution in [0.2, 0.25) is 0 Å². The third kappa shape index (κ3) is 7.23. The molecule has 2 amide bonds. The first-order valence-corrected chi connectivity index (χ1v) is 8.02. The zero-order valence-electron chi connectivity index (χ0n) is 12.0. The maximum atomic E-state index is 11.7. The smallest absolute Gasteiger partial charge is 0.226 e. The van der Waals surface area contributed by atoms with E-state index in [0.29, 0.717) is 17.2 Å². The number of nitrogens with zero attached hydrogens (tertiary/aromatic N) is 1. The molecule has 6 heteroatoms. The van der Waals surface area contributed by atoms with Crippen LogP contribution in [0.1, 0.15) is 57.6 Å². The summed E-state index contributed by atoms with van der Waals surface area (Å²) in [6, 6.07) is 0. The van der Waals surface area contributed by atoms with Gasteiger partial charge in [-0.05, 0) is 6.42 Å². The molecule has 3 N–H and O–H groups in total. The number of aromatic nitrogens is 1. The van der Waals surface area contributed by atoms with E-state index in [0.717, 1.165) is 12.8 Å². The fourth-order valence-corrected chi connectivity index (χ4v) is 2.60. The van der Waals surface area contributed by atoms with Gasteiger partial charge in [-0.25, -0.2) is 4.98 Å². The molecule has 1 aromatic heterocycles. The van der Waals surface area contributed by atoms with Crippen LogP contribution in [0.15, 0.2) is 5.38 Å². The first-order chi connectivity index (χ1) is 9.61. The van der Waals surface area contributed by atoms with Crippen molar-refractivity contribution in [2.24, 2.45) is 5.73 Å². The number of rotatable bonds is 10. The lowest BCUT2D eigenvalue weighted by atomic mass is 10.1. The summed E-state index contributed by atoms with van der Waals surface area (Å²) in [6.07, 6.45) is 7.60. The number of unbranched alkanes of at least 4 members (excludes halogenated alkanes) is 5. The van der Waals surface area contributed by atoms with Gasteiger partial charge in [0.05, 0.1) is 12.1 Å². The molecule has 0 aliphatic rings. The van der Waals surface area contributed by atoms with E-state index in [4.69, 9.17) is 5.73 Å². The molecule has 0 aliphatic heterocycles. The Morgan fingerprint density at radius 2 is 1.95 bits per heavy atom. The van der Waals surface area contributed by atoms with Crippen molar-refractivity contribution in [2.75, 3.05) is 5.32 Å². The SMILES string of the molecule is CCCCCCCCC(=O)Nc1nc(CC(N)=O)cs1. The number of thiazole rings is 1. The summed E-state index contributed by atoms with van der Waals surface area (Å²) >= 11 is 1.32. The van der Waals surface area contributed by atoms with Gasteiger partial charge in [-0.15, -0.1) is 11.3 Å². The molecule has 0 saturated heterocycles. The van der Waals surface area contributed by atoms with Crippen molar-refractivity contribution in [1.82, 2.24) is 4.98 Å². The minimum atomic E-state index is -0.416. The average molecular weight is 297 g/mol. The normalized spacial score (nSPS) is 10.4. The number of hydrogen-bond acceptors (Lipinski definition) is 4. The Hall–Kier alpha value is -1.43. The molecular weight excluding hydrogens is 274 g/mol. The fraction of sp³-hybridized carbons (Fsp3) is 0.643. The minimum Gasteiger partial charge on any atom is -0.369 e. The highest BCUT2D eigenvalue weighted by Crippen LogP contribution is 2.16. The van der Waals surface area contributed by atoms with Gasteiger partial charge in [0.2, 0.25) is 11.8 Å². The molecule has 1 rings (SSSR count).